The lowest BCUT2D eigenvalue weighted by Gasteiger charge is -2.37. The van der Waals surface area contributed by atoms with E-state index in [0.29, 0.717) is 18.8 Å². The fourth-order valence-corrected chi connectivity index (χ4v) is 3.17. The van der Waals surface area contributed by atoms with Gasteiger partial charge in [0.05, 0.1) is 6.26 Å². The maximum Gasteiger partial charge on any atom is 0.289 e. The summed E-state index contributed by atoms with van der Waals surface area (Å²) >= 11 is 0. The smallest absolute Gasteiger partial charge is 0.289 e. The highest BCUT2D eigenvalue weighted by atomic mass is 16.3. The van der Waals surface area contributed by atoms with Gasteiger partial charge >= 0.3 is 0 Å². The van der Waals surface area contributed by atoms with Crippen molar-refractivity contribution in [2.24, 2.45) is 5.92 Å². The monoisotopic (exact) mass is 305 g/mol. The Hall–Kier alpha value is -1.82. The molecule has 2 fully saturated rings. The second-order valence-corrected chi connectivity index (χ2v) is 6.17. The van der Waals surface area contributed by atoms with Crippen molar-refractivity contribution < 1.29 is 14.0 Å². The molecule has 0 N–H and O–H groups in total. The van der Waals surface area contributed by atoms with Gasteiger partial charge in [-0.3, -0.25) is 9.59 Å². The zero-order valence-corrected chi connectivity index (χ0v) is 13.0. The number of carbonyl (C=O) groups is 2. The molecule has 2 amide bonds. The minimum absolute atomic E-state index is 0.0593. The third kappa shape index (κ3) is 3.16. The Balaban J connectivity index is 1.51. The summed E-state index contributed by atoms with van der Waals surface area (Å²) in [5.41, 5.74) is 0. The summed E-state index contributed by atoms with van der Waals surface area (Å²) in [5.74, 6) is 0.626. The molecule has 0 aromatic carbocycles. The van der Waals surface area contributed by atoms with Gasteiger partial charge in [-0.2, -0.15) is 0 Å². The number of rotatable bonds is 2. The van der Waals surface area contributed by atoms with E-state index >= 15 is 0 Å². The molecule has 120 valence electrons. The second kappa shape index (κ2) is 6.52. The quantitative estimate of drug-likeness (QED) is 0.815. The van der Waals surface area contributed by atoms with Crippen molar-refractivity contribution in [2.45, 2.75) is 12.8 Å². The van der Waals surface area contributed by atoms with E-state index in [1.807, 2.05) is 4.90 Å². The molecule has 0 spiro atoms. The topological polar surface area (TPSA) is 57.0 Å². The third-order valence-corrected chi connectivity index (χ3v) is 4.68. The Morgan fingerprint density at radius 3 is 2.32 bits per heavy atom. The second-order valence-electron chi connectivity index (χ2n) is 6.17. The minimum Gasteiger partial charge on any atom is -0.459 e. The maximum atomic E-state index is 12.6. The zero-order chi connectivity index (χ0) is 15.5. The Labute approximate surface area is 130 Å². The Kier molecular flexibility index (Phi) is 4.47. The summed E-state index contributed by atoms with van der Waals surface area (Å²) in [5, 5.41) is 0. The standard InChI is InChI=1S/C16H23N3O3/c1-17-8-10-19(11-9-17)15(20)13-4-6-18(7-5-13)16(21)14-3-2-12-22-14/h2-3,12-13H,4-11H2,1H3. The molecule has 0 aliphatic carbocycles. The van der Waals surface area contributed by atoms with E-state index in [1.165, 1.54) is 6.26 Å². The van der Waals surface area contributed by atoms with Gasteiger partial charge in [-0.1, -0.05) is 0 Å². The number of likely N-dealkylation sites (N-methyl/N-ethyl adjacent to an activating group) is 1. The molecule has 2 aliphatic heterocycles. The number of piperidine rings is 1. The first-order valence-electron chi connectivity index (χ1n) is 7.95. The van der Waals surface area contributed by atoms with E-state index in [9.17, 15) is 9.59 Å². The number of piperazine rings is 1. The van der Waals surface area contributed by atoms with Gasteiger partial charge in [0, 0.05) is 45.2 Å². The molecule has 6 nitrogen and oxygen atoms in total. The summed E-state index contributed by atoms with van der Waals surface area (Å²) in [6.07, 6.45) is 3.01. The molecule has 2 aliphatic rings. The number of hydrogen-bond acceptors (Lipinski definition) is 4. The fraction of sp³-hybridized carbons (Fsp3) is 0.625. The Bertz CT molecular complexity index is 513. The van der Waals surface area contributed by atoms with Crippen LogP contribution < -0.4 is 0 Å². The highest BCUT2D eigenvalue weighted by Crippen LogP contribution is 2.22. The lowest BCUT2D eigenvalue weighted by atomic mass is 9.94. The van der Waals surface area contributed by atoms with Crippen LogP contribution in [0.1, 0.15) is 23.4 Å². The van der Waals surface area contributed by atoms with Crippen molar-refractivity contribution in [3.63, 3.8) is 0 Å². The first-order valence-corrected chi connectivity index (χ1v) is 7.95. The number of amides is 2. The van der Waals surface area contributed by atoms with Gasteiger partial charge in [0.2, 0.25) is 5.91 Å². The number of nitrogens with zero attached hydrogens (tertiary/aromatic N) is 3. The van der Waals surface area contributed by atoms with E-state index < -0.39 is 0 Å². The van der Waals surface area contributed by atoms with E-state index in [1.54, 1.807) is 17.0 Å². The SMILES string of the molecule is CN1CCN(C(=O)C2CCN(C(=O)c3ccco3)CC2)CC1. The van der Waals surface area contributed by atoms with Crippen LogP contribution in [-0.2, 0) is 4.79 Å². The molecular formula is C16H23N3O3. The summed E-state index contributed by atoms with van der Waals surface area (Å²) in [6.45, 7) is 4.79. The third-order valence-electron chi connectivity index (χ3n) is 4.68. The van der Waals surface area contributed by atoms with Crippen LogP contribution in [0.15, 0.2) is 22.8 Å². The molecule has 0 atom stereocenters. The molecule has 3 rings (SSSR count). The van der Waals surface area contributed by atoms with Crippen LogP contribution >= 0.6 is 0 Å². The maximum absolute atomic E-state index is 12.6. The first kappa shape index (κ1) is 15.1. The van der Waals surface area contributed by atoms with Crippen LogP contribution in [0.5, 0.6) is 0 Å². The van der Waals surface area contributed by atoms with Gasteiger partial charge in [0.1, 0.15) is 0 Å². The molecule has 1 aromatic heterocycles. The van der Waals surface area contributed by atoms with E-state index in [2.05, 4.69) is 11.9 Å². The number of furan rings is 1. The minimum atomic E-state index is -0.0736. The van der Waals surface area contributed by atoms with Crippen molar-refractivity contribution >= 4 is 11.8 Å². The van der Waals surface area contributed by atoms with Gasteiger partial charge in [-0.15, -0.1) is 0 Å². The van der Waals surface area contributed by atoms with Crippen molar-refractivity contribution in [1.82, 2.24) is 14.7 Å². The largest absolute Gasteiger partial charge is 0.459 e. The van der Waals surface area contributed by atoms with Crippen molar-refractivity contribution in [2.75, 3.05) is 46.3 Å². The lowest BCUT2D eigenvalue weighted by Crippen LogP contribution is -2.51. The van der Waals surface area contributed by atoms with Gasteiger partial charge < -0.3 is 19.1 Å². The van der Waals surface area contributed by atoms with Crippen LogP contribution in [0.2, 0.25) is 0 Å². The molecule has 22 heavy (non-hydrogen) atoms. The molecule has 0 bridgehead atoms. The molecular weight excluding hydrogens is 282 g/mol. The molecule has 2 saturated heterocycles. The summed E-state index contributed by atoms with van der Waals surface area (Å²) < 4.78 is 5.16. The zero-order valence-electron chi connectivity index (χ0n) is 13.0. The molecule has 3 heterocycles. The van der Waals surface area contributed by atoms with E-state index in [0.717, 1.165) is 39.0 Å². The predicted molar refractivity (Wildman–Crippen MR) is 81.4 cm³/mol. The molecule has 1 aromatic rings. The molecule has 0 radical (unpaired) electrons. The molecule has 6 heteroatoms. The average Bonchev–Trinajstić information content (AvgIpc) is 3.09. The van der Waals surface area contributed by atoms with Crippen LogP contribution in [0.3, 0.4) is 0 Å². The van der Waals surface area contributed by atoms with Gasteiger partial charge in [0.15, 0.2) is 5.76 Å². The van der Waals surface area contributed by atoms with Gasteiger partial charge in [-0.05, 0) is 32.0 Å². The van der Waals surface area contributed by atoms with Gasteiger partial charge in [-0.25, -0.2) is 0 Å². The van der Waals surface area contributed by atoms with Crippen LogP contribution in [0, 0.1) is 5.92 Å². The van der Waals surface area contributed by atoms with Gasteiger partial charge in [0.25, 0.3) is 5.91 Å². The van der Waals surface area contributed by atoms with Crippen LogP contribution in [0.4, 0.5) is 0 Å². The first-order chi connectivity index (χ1) is 10.6. The van der Waals surface area contributed by atoms with Crippen LogP contribution in [-0.4, -0.2) is 72.8 Å². The van der Waals surface area contributed by atoms with Crippen molar-refractivity contribution in [3.05, 3.63) is 24.2 Å². The Morgan fingerprint density at radius 1 is 1.05 bits per heavy atom. The predicted octanol–water partition coefficient (Wildman–Crippen LogP) is 0.906. The summed E-state index contributed by atoms with van der Waals surface area (Å²) in [4.78, 5) is 30.8. The van der Waals surface area contributed by atoms with E-state index in [4.69, 9.17) is 4.42 Å². The lowest BCUT2D eigenvalue weighted by molar-refractivity contribution is -0.138. The van der Waals surface area contributed by atoms with Crippen molar-refractivity contribution in [3.8, 4) is 0 Å². The highest BCUT2D eigenvalue weighted by Gasteiger charge is 2.31. The number of likely N-dealkylation sites (tertiary alicyclic amines) is 1. The summed E-state index contributed by atoms with van der Waals surface area (Å²) in [6, 6.07) is 3.40. The van der Waals surface area contributed by atoms with E-state index in [-0.39, 0.29) is 17.7 Å². The normalized spacial score (nSPS) is 21.1. The molecule has 0 saturated carbocycles. The average molecular weight is 305 g/mol. The number of carbonyl (C=O) groups excluding carboxylic acids is 2. The summed E-state index contributed by atoms with van der Waals surface area (Å²) in [7, 11) is 2.08. The Morgan fingerprint density at radius 2 is 1.73 bits per heavy atom. The number of hydrogen-bond donors (Lipinski definition) is 0. The van der Waals surface area contributed by atoms with Crippen molar-refractivity contribution in [1.29, 1.82) is 0 Å². The highest BCUT2D eigenvalue weighted by molar-refractivity contribution is 5.91. The van der Waals surface area contributed by atoms with Crippen LogP contribution in [0.25, 0.3) is 0 Å². The molecule has 0 unspecified atom stereocenters. The fourth-order valence-electron chi connectivity index (χ4n) is 3.17.